The van der Waals surface area contributed by atoms with Crippen molar-refractivity contribution in [2.75, 3.05) is 19.7 Å². The molecule has 0 bridgehead atoms. The summed E-state index contributed by atoms with van der Waals surface area (Å²) >= 11 is 3.43. The van der Waals surface area contributed by atoms with Crippen LogP contribution < -0.4 is 5.73 Å². The zero-order chi connectivity index (χ0) is 13.8. The van der Waals surface area contributed by atoms with Gasteiger partial charge in [-0.05, 0) is 47.8 Å². The third-order valence-electron chi connectivity index (χ3n) is 3.57. The van der Waals surface area contributed by atoms with Gasteiger partial charge in [0.1, 0.15) is 0 Å². The molecular formula is C14H22BrN3O. The first-order valence-corrected chi connectivity index (χ1v) is 7.56. The number of hydrogen-bond acceptors (Lipinski definition) is 4. The molecule has 5 heteroatoms. The highest BCUT2D eigenvalue weighted by atomic mass is 79.9. The number of hydrogen-bond donors (Lipinski definition) is 1. The Morgan fingerprint density at radius 1 is 1.53 bits per heavy atom. The molecule has 2 N–H and O–H groups in total. The van der Waals surface area contributed by atoms with Gasteiger partial charge in [-0.15, -0.1) is 0 Å². The van der Waals surface area contributed by atoms with Gasteiger partial charge in [-0.2, -0.15) is 0 Å². The third-order valence-corrected chi connectivity index (χ3v) is 4.00. The molecule has 106 valence electrons. The molecule has 19 heavy (non-hydrogen) atoms. The van der Waals surface area contributed by atoms with E-state index in [4.69, 9.17) is 10.5 Å². The number of morpholine rings is 1. The van der Waals surface area contributed by atoms with E-state index in [0.717, 1.165) is 36.2 Å². The van der Waals surface area contributed by atoms with Crippen molar-refractivity contribution in [1.82, 2.24) is 9.88 Å². The zero-order valence-corrected chi connectivity index (χ0v) is 13.1. The van der Waals surface area contributed by atoms with Crippen molar-refractivity contribution in [1.29, 1.82) is 0 Å². The predicted molar refractivity (Wildman–Crippen MR) is 80.1 cm³/mol. The fourth-order valence-electron chi connectivity index (χ4n) is 2.40. The van der Waals surface area contributed by atoms with Crippen molar-refractivity contribution < 1.29 is 4.74 Å². The number of nitrogens with zero attached hydrogens (tertiary/aromatic N) is 2. The molecule has 1 fully saturated rings. The van der Waals surface area contributed by atoms with Crippen LogP contribution in [0.1, 0.15) is 19.4 Å². The topological polar surface area (TPSA) is 51.4 Å². The monoisotopic (exact) mass is 327 g/mol. The molecule has 1 aromatic heterocycles. The minimum Gasteiger partial charge on any atom is -0.374 e. The van der Waals surface area contributed by atoms with Gasteiger partial charge >= 0.3 is 0 Å². The smallest absolute Gasteiger partial charge is 0.0856 e. The minimum atomic E-state index is 0.0117. The van der Waals surface area contributed by atoms with Crippen LogP contribution in [0.4, 0.5) is 0 Å². The maximum atomic E-state index is 6.30. The Balaban J connectivity index is 1.94. The van der Waals surface area contributed by atoms with Crippen molar-refractivity contribution in [2.24, 2.45) is 5.73 Å². The van der Waals surface area contributed by atoms with Crippen LogP contribution in [-0.2, 0) is 11.2 Å². The summed E-state index contributed by atoms with van der Waals surface area (Å²) in [5.74, 6) is 0. The Morgan fingerprint density at radius 2 is 2.32 bits per heavy atom. The summed E-state index contributed by atoms with van der Waals surface area (Å²) in [5.41, 5.74) is 7.44. The van der Waals surface area contributed by atoms with Crippen LogP contribution in [0.3, 0.4) is 0 Å². The lowest BCUT2D eigenvalue weighted by Crippen LogP contribution is -2.53. The Morgan fingerprint density at radius 3 is 3.00 bits per heavy atom. The van der Waals surface area contributed by atoms with Crippen molar-refractivity contribution in [3.05, 3.63) is 28.5 Å². The number of aromatic nitrogens is 1. The van der Waals surface area contributed by atoms with Gasteiger partial charge in [0, 0.05) is 42.0 Å². The number of nitrogens with two attached hydrogens (primary N) is 1. The second kappa shape index (κ2) is 6.79. The summed E-state index contributed by atoms with van der Waals surface area (Å²) in [6, 6.07) is 2.62. The van der Waals surface area contributed by atoms with Crippen molar-refractivity contribution in [3.63, 3.8) is 0 Å². The second-order valence-electron chi connectivity index (χ2n) is 5.38. The van der Waals surface area contributed by atoms with E-state index < -0.39 is 0 Å². The van der Waals surface area contributed by atoms with E-state index in [1.807, 2.05) is 6.20 Å². The summed E-state index contributed by atoms with van der Waals surface area (Å²) < 4.78 is 6.82. The van der Waals surface area contributed by atoms with Gasteiger partial charge in [-0.3, -0.25) is 9.88 Å². The summed E-state index contributed by atoms with van der Waals surface area (Å²) in [5, 5.41) is 0. The number of halogens is 1. The van der Waals surface area contributed by atoms with Crippen LogP contribution >= 0.6 is 15.9 Å². The Hall–Kier alpha value is -0.490. The first kappa shape index (κ1) is 14.9. The quantitative estimate of drug-likeness (QED) is 0.916. The summed E-state index contributed by atoms with van der Waals surface area (Å²) in [6.07, 6.45) is 4.55. The Bertz CT molecular complexity index is 413. The highest BCUT2D eigenvalue weighted by Crippen LogP contribution is 2.15. The molecule has 1 aromatic rings. The van der Waals surface area contributed by atoms with E-state index >= 15 is 0 Å². The molecular weight excluding hydrogens is 306 g/mol. The second-order valence-corrected chi connectivity index (χ2v) is 6.29. The Kier molecular flexibility index (Phi) is 5.33. The molecule has 2 heterocycles. The lowest BCUT2D eigenvalue weighted by molar-refractivity contribution is -0.0495. The molecule has 1 aliphatic heterocycles. The van der Waals surface area contributed by atoms with Gasteiger partial charge in [0.25, 0.3) is 0 Å². The average molecular weight is 328 g/mol. The molecule has 0 spiro atoms. The first-order chi connectivity index (χ1) is 9.06. The molecule has 2 rings (SSSR count). The highest BCUT2D eigenvalue weighted by molar-refractivity contribution is 9.10. The molecule has 0 saturated carbocycles. The van der Waals surface area contributed by atoms with Gasteiger partial charge in [0.15, 0.2) is 0 Å². The summed E-state index contributed by atoms with van der Waals surface area (Å²) in [6.45, 7) is 7.12. The normalized spacial score (nSPS) is 22.7. The maximum absolute atomic E-state index is 6.30. The van der Waals surface area contributed by atoms with Gasteiger partial charge in [0.05, 0.1) is 12.7 Å². The SMILES string of the molecule is CC(C)N1CCOC(C(N)Cc2cncc(Br)c2)C1. The van der Waals surface area contributed by atoms with Crippen LogP contribution in [0.15, 0.2) is 22.9 Å². The van der Waals surface area contributed by atoms with Crippen LogP contribution in [0, 0.1) is 0 Å². The number of pyridine rings is 1. The minimum absolute atomic E-state index is 0.0117. The van der Waals surface area contributed by atoms with Gasteiger partial charge < -0.3 is 10.5 Å². The Labute approximate surface area is 123 Å². The fourth-order valence-corrected chi connectivity index (χ4v) is 2.81. The molecule has 4 nitrogen and oxygen atoms in total. The largest absolute Gasteiger partial charge is 0.374 e. The number of rotatable bonds is 4. The van der Waals surface area contributed by atoms with E-state index in [-0.39, 0.29) is 12.1 Å². The predicted octanol–water partition coefficient (Wildman–Crippen LogP) is 1.82. The van der Waals surface area contributed by atoms with Gasteiger partial charge in [-0.25, -0.2) is 0 Å². The van der Waals surface area contributed by atoms with Crippen LogP contribution in [-0.4, -0.2) is 47.8 Å². The third kappa shape index (κ3) is 4.24. The lowest BCUT2D eigenvalue weighted by Gasteiger charge is -2.37. The van der Waals surface area contributed by atoms with Crippen LogP contribution in [0.2, 0.25) is 0 Å². The first-order valence-electron chi connectivity index (χ1n) is 6.77. The zero-order valence-electron chi connectivity index (χ0n) is 11.6. The summed E-state index contributed by atoms with van der Waals surface area (Å²) in [4.78, 5) is 6.60. The molecule has 0 aliphatic carbocycles. The maximum Gasteiger partial charge on any atom is 0.0856 e. The average Bonchev–Trinajstić information content (AvgIpc) is 2.39. The molecule has 0 amide bonds. The fraction of sp³-hybridized carbons (Fsp3) is 0.643. The lowest BCUT2D eigenvalue weighted by atomic mass is 10.0. The van der Waals surface area contributed by atoms with Crippen molar-refractivity contribution >= 4 is 15.9 Å². The van der Waals surface area contributed by atoms with E-state index in [2.05, 4.69) is 45.7 Å². The molecule has 2 atom stereocenters. The van der Waals surface area contributed by atoms with Gasteiger partial charge in [-0.1, -0.05) is 0 Å². The van der Waals surface area contributed by atoms with Gasteiger partial charge in [0.2, 0.25) is 0 Å². The van der Waals surface area contributed by atoms with Crippen molar-refractivity contribution in [3.8, 4) is 0 Å². The summed E-state index contributed by atoms with van der Waals surface area (Å²) in [7, 11) is 0. The molecule has 2 unspecified atom stereocenters. The molecule has 0 aromatic carbocycles. The van der Waals surface area contributed by atoms with Crippen LogP contribution in [0.5, 0.6) is 0 Å². The van der Waals surface area contributed by atoms with Crippen molar-refractivity contribution in [2.45, 2.75) is 38.5 Å². The molecule has 1 saturated heterocycles. The van der Waals surface area contributed by atoms with E-state index in [1.165, 1.54) is 0 Å². The van der Waals surface area contributed by atoms with E-state index in [0.29, 0.717) is 6.04 Å². The van der Waals surface area contributed by atoms with E-state index in [9.17, 15) is 0 Å². The van der Waals surface area contributed by atoms with E-state index in [1.54, 1.807) is 6.20 Å². The molecule has 0 radical (unpaired) electrons. The highest BCUT2D eigenvalue weighted by Gasteiger charge is 2.27. The molecule has 1 aliphatic rings. The van der Waals surface area contributed by atoms with Crippen LogP contribution in [0.25, 0.3) is 0 Å². The standard InChI is InChI=1S/C14H22BrN3O/c1-10(2)18-3-4-19-14(9-18)13(16)6-11-5-12(15)8-17-7-11/h5,7-8,10,13-14H,3-4,6,9,16H2,1-2H3. The number of ether oxygens (including phenoxy) is 1.